The molecule has 2 aromatic rings. The van der Waals surface area contributed by atoms with Gasteiger partial charge in [-0.05, 0) is 48.1 Å². The zero-order valence-electron chi connectivity index (χ0n) is 13.3. The van der Waals surface area contributed by atoms with E-state index in [0.717, 1.165) is 11.3 Å². The van der Waals surface area contributed by atoms with Crippen molar-refractivity contribution in [2.24, 2.45) is 5.92 Å². The summed E-state index contributed by atoms with van der Waals surface area (Å²) in [6, 6.07) is 13.8. The summed E-state index contributed by atoms with van der Waals surface area (Å²) in [7, 11) is 0. The molecule has 1 atom stereocenters. The van der Waals surface area contributed by atoms with E-state index in [0.29, 0.717) is 28.5 Å². The van der Waals surface area contributed by atoms with Crippen LogP contribution in [0.3, 0.4) is 0 Å². The summed E-state index contributed by atoms with van der Waals surface area (Å²) in [5.74, 6) is 2.09. The Labute approximate surface area is 143 Å². The molecule has 3 heteroatoms. The number of hydrogen-bond acceptors (Lipinski definition) is 1. The first-order chi connectivity index (χ1) is 10.5. The quantitative estimate of drug-likeness (QED) is 0.568. The second kappa shape index (κ2) is 7.89. The van der Waals surface area contributed by atoms with Crippen molar-refractivity contribution in [3.8, 4) is 5.75 Å². The molecule has 0 N–H and O–H groups in total. The average molecular weight is 337 g/mol. The zero-order chi connectivity index (χ0) is 16.1. The molecule has 0 aliphatic carbocycles. The molecule has 0 bridgehead atoms. The predicted molar refractivity (Wildman–Crippen MR) is 95.1 cm³/mol. The van der Waals surface area contributed by atoms with Crippen LogP contribution < -0.4 is 4.74 Å². The lowest BCUT2D eigenvalue weighted by molar-refractivity contribution is 0.306. The molecule has 0 amide bonds. The van der Waals surface area contributed by atoms with Gasteiger partial charge in [0.25, 0.3) is 0 Å². The Morgan fingerprint density at radius 3 is 2.05 bits per heavy atom. The summed E-state index contributed by atoms with van der Waals surface area (Å²) in [6.07, 6.45) is 1.19. The molecule has 0 aromatic heterocycles. The van der Waals surface area contributed by atoms with Crippen molar-refractivity contribution >= 4 is 23.2 Å². The van der Waals surface area contributed by atoms with Crippen LogP contribution in [0.4, 0.5) is 0 Å². The summed E-state index contributed by atoms with van der Waals surface area (Å²) >= 11 is 12.3. The third kappa shape index (κ3) is 4.66. The average Bonchev–Trinajstić information content (AvgIpc) is 2.46. The Bertz CT molecular complexity index is 585. The SMILES string of the molecule is CC(C)CC(C)c1ccc(OCc2c(Cl)cccc2Cl)cc1. The number of rotatable bonds is 6. The molecule has 0 radical (unpaired) electrons. The highest BCUT2D eigenvalue weighted by molar-refractivity contribution is 6.35. The van der Waals surface area contributed by atoms with Gasteiger partial charge in [0.05, 0.1) is 0 Å². The van der Waals surface area contributed by atoms with Crippen molar-refractivity contribution in [3.05, 3.63) is 63.6 Å². The van der Waals surface area contributed by atoms with Gasteiger partial charge in [0, 0.05) is 15.6 Å². The monoisotopic (exact) mass is 336 g/mol. The van der Waals surface area contributed by atoms with E-state index in [9.17, 15) is 0 Å². The van der Waals surface area contributed by atoms with Crippen molar-refractivity contribution in [3.63, 3.8) is 0 Å². The zero-order valence-corrected chi connectivity index (χ0v) is 14.8. The van der Waals surface area contributed by atoms with Crippen molar-refractivity contribution in [1.82, 2.24) is 0 Å². The second-order valence-corrected chi connectivity index (χ2v) is 6.90. The summed E-state index contributed by atoms with van der Waals surface area (Å²) in [6.45, 7) is 7.14. The molecule has 0 spiro atoms. The minimum atomic E-state index is 0.374. The van der Waals surface area contributed by atoms with Crippen molar-refractivity contribution in [2.45, 2.75) is 39.7 Å². The molecule has 2 aromatic carbocycles. The van der Waals surface area contributed by atoms with E-state index in [2.05, 4.69) is 32.9 Å². The number of halogens is 2. The minimum Gasteiger partial charge on any atom is -0.489 e. The highest BCUT2D eigenvalue weighted by Crippen LogP contribution is 2.27. The summed E-state index contributed by atoms with van der Waals surface area (Å²) in [4.78, 5) is 0. The molecule has 118 valence electrons. The maximum absolute atomic E-state index is 6.15. The Balaban J connectivity index is 2.00. The molecule has 1 unspecified atom stereocenters. The standard InChI is InChI=1S/C19H22Cl2O/c1-13(2)11-14(3)15-7-9-16(10-8-15)22-12-17-18(20)5-4-6-19(17)21/h4-10,13-14H,11-12H2,1-3H3. The van der Waals surface area contributed by atoms with Gasteiger partial charge in [-0.15, -0.1) is 0 Å². The predicted octanol–water partition coefficient (Wildman–Crippen LogP) is 6.72. The lowest BCUT2D eigenvalue weighted by Gasteiger charge is -2.15. The third-order valence-corrected chi connectivity index (χ3v) is 4.43. The molecule has 0 fully saturated rings. The van der Waals surface area contributed by atoms with E-state index in [4.69, 9.17) is 27.9 Å². The molecule has 0 aliphatic heterocycles. The number of ether oxygens (including phenoxy) is 1. The van der Waals surface area contributed by atoms with Gasteiger partial charge in [-0.2, -0.15) is 0 Å². The molecule has 0 heterocycles. The van der Waals surface area contributed by atoms with Crippen LogP contribution >= 0.6 is 23.2 Å². The smallest absolute Gasteiger partial charge is 0.119 e. The van der Waals surface area contributed by atoms with Gasteiger partial charge in [-0.1, -0.05) is 62.2 Å². The van der Waals surface area contributed by atoms with E-state index >= 15 is 0 Å². The molecule has 0 saturated heterocycles. The maximum atomic E-state index is 6.15. The van der Waals surface area contributed by atoms with Gasteiger partial charge in [-0.25, -0.2) is 0 Å². The fourth-order valence-electron chi connectivity index (χ4n) is 2.56. The van der Waals surface area contributed by atoms with E-state index in [1.807, 2.05) is 30.3 Å². The summed E-state index contributed by atoms with van der Waals surface area (Å²) in [5, 5.41) is 1.27. The van der Waals surface area contributed by atoms with Gasteiger partial charge in [0.2, 0.25) is 0 Å². The fourth-order valence-corrected chi connectivity index (χ4v) is 3.07. The van der Waals surface area contributed by atoms with Crippen LogP contribution in [-0.4, -0.2) is 0 Å². The van der Waals surface area contributed by atoms with E-state index in [1.165, 1.54) is 12.0 Å². The van der Waals surface area contributed by atoms with Crippen molar-refractivity contribution in [1.29, 1.82) is 0 Å². The molecule has 1 nitrogen and oxygen atoms in total. The van der Waals surface area contributed by atoms with E-state index in [1.54, 1.807) is 0 Å². The van der Waals surface area contributed by atoms with Crippen LogP contribution in [0, 0.1) is 5.92 Å². The molecular formula is C19H22Cl2O. The Morgan fingerprint density at radius 2 is 1.50 bits per heavy atom. The van der Waals surface area contributed by atoms with Crippen LogP contribution in [0.1, 0.15) is 44.2 Å². The topological polar surface area (TPSA) is 9.23 Å². The van der Waals surface area contributed by atoms with E-state index < -0.39 is 0 Å². The second-order valence-electron chi connectivity index (χ2n) is 6.09. The molecular weight excluding hydrogens is 315 g/mol. The largest absolute Gasteiger partial charge is 0.489 e. The van der Waals surface area contributed by atoms with Crippen LogP contribution in [-0.2, 0) is 6.61 Å². The first kappa shape index (κ1) is 17.2. The van der Waals surface area contributed by atoms with Crippen LogP contribution in [0.15, 0.2) is 42.5 Å². The molecule has 2 rings (SSSR count). The Hall–Kier alpha value is -1.18. The number of hydrogen-bond donors (Lipinski definition) is 0. The fraction of sp³-hybridized carbons (Fsp3) is 0.368. The highest BCUT2D eigenvalue weighted by Gasteiger charge is 2.09. The normalized spacial score (nSPS) is 12.5. The molecule has 0 aliphatic rings. The molecule has 0 saturated carbocycles. The van der Waals surface area contributed by atoms with Gasteiger partial charge in [0.1, 0.15) is 12.4 Å². The summed E-state index contributed by atoms with van der Waals surface area (Å²) in [5.41, 5.74) is 2.17. The van der Waals surface area contributed by atoms with Crippen LogP contribution in [0.2, 0.25) is 10.0 Å². The summed E-state index contributed by atoms with van der Waals surface area (Å²) < 4.78 is 5.80. The van der Waals surface area contributed by atoms with Gasteiger partial charge >= 0.3 is 0 Å². The van der Waals surface area contributed by atoms with Crippen LogP contribution in [0.25, 0.3) is 0 Å². The van der Waals surface area contributed by atoms with Crippen molar-refractivity contribution < 1.29 is 4.74 Å². The Kier molecular flexibility index (Phi) is 6.16. The number of benzene rings is 2. The van der Waals surface area contributed by atoms with Crippen LogP contribution in [0.5, 0.6) is 5.75 Å². The maximum Gasteiger partial charge on any atom is 0.119 e. The van der Waals surface area contributed by atoms with Gasteiger partial charge < -0.3 is 4.74 Å². The lowest BCUT2D eigenvalue weighted by Crippen LogP contribution is -2.00. The van der Waals surface area contributed by atoms with Crippen molar-refractivity contribution in [2.75, 3.05) is 0 Å². The third-order valence-electron chi connectivity index (χ3n) is 3.72. The minimum absolute atomic E-state index is 0.374. The first-order valence-corrected chi connectivity index (χ1v) is 8.38. The van der Waals surface area contributed by atoms with E-state index in [-0.39, 0.29) is 0 Å². The molecule has 22 heavy (non-hydrogen) atoms. The van der Waals surface area contributed by atoms with Gasteiger partial charge in [-0.3, -0.25) is 0 Å². The first-order valence-electron chi connectivity index (χ1n) is 7.63. The highest BCUT2D eigenvalue weighted by atomic mass is 35.5. The van der Waals surface area contributed by atoms with Gasteiger partial charge in [0.15, 0.2) is 0 Å². The Morgan fingerprint density at radius 1 is 0.909 bits per heavy atom. The lowest BCUT2D eigenvalue weighted by atomic mass is 9.92.